The Kier molecular flexibility index (Phi) is 13.9. The van der Waals surface area contributed by atoms with Crippen LogP contribution in [0.2, 0.25) is 0 Å². The Bertz CT molecular complexity index is 306. The van der Waals surface area contributed by atoms with Gasteiger partial charge in [0.1, 0.15) is 0 Å². The van der Waals surface area contributed by atoms with Crippen LogP contribution in [0.25, 0.3) is 0 Å². The Balaban J connectivity index is 0. The van der Waals surface area contributed by atoms with Crippen LogP contribution in [0.3, 0.4) is 0 Å². The van der Waals surface area contributed by atoms with E-state index in [0.29, 0.717) is 12.2 Å². The number of hydrogen-bond donors (Lipinski definition) is 3. The van der Waals surface area contributed by atoms with Gasteiger partial charge in [-0.05, 0) is 12.8 Å². The molecule has 1 unspecified atom stereocenters. The molecule has 0 heterocycles. The van der Waals surface area contributed by atoms with Gasteiger partial charge in [0.2, 0.25) is 0 Å². The fourth-order valence-corrected chi connectivity index (χ4v) is 1.52. The Morgan fingerprint density at radius 2 is 1.35 bits per heavy atom. The highest BCUT2D eigenvalue weighted by Crippen LogP contribution is 2.15. The largest absolute Gasteiger partial charge is 0.481 e. The van der Waals surface area contributed by atoms with Crippen LogP contribution in [0, 0.1) is 5.92 Å². The lowest BCUT2D eigenvalue weighted by Crippen LogP contribution is -2.13. The zero-order valence-corrected chi connectivity index (χ0v) is 12.0. The molecule has 0 aromatic heterocycles. The SMILES string of the molecule is CCCCCC(CCC)C(=O)O.O=C(O)/C=C/C(=O)O. The smallest absolute Gasteiger partial charge is 0.328 e. The minimum absolute atomic E-state index is 0.0958. The summed E-state index contributed by atoms with van der Waals surface area (Å²) in [4.78, 5) is 29.8. The van der Waals surface area contributed by atoms with Crippen LogP contribution in [0.15, 0.2) is 12.2 Å². The average Bonchev–Trinajstić information content (AvgIpc) is 2.36. The number of unbranched alkanes of at least 4 members (excludes halogenated alkanes) is 2. The molecule has 0 spiro atoms. The van der Waals surface area contributed by atoms with E-state index in [9.17, 15) is 14.4 Å². The lowest BCUT2D eigenvalue weighted by Gasteiger charge is -2.09. The highest BCUT2D eigenvalue weighted by atomic mass is 16.4. The van der Waals surface area contributed by atoms with E-state index in [1.807, 2.05) is 6.92 Å². The summed E-state index contributed by atoms with van der Waals surface area (Å²) in [5, 5.41) is 24.4. The number of carboxylic acid groups (broad SMARTS) is 3. The van der Waals surface area contributed by atoms with Crippen LogP contribution >= 0.6 is 0 Å². The van der Waals surface area contributed by atoms with Crippen molar-refractivity contribution in [2.24, 2.45) is 5.92 Å². The fourth-order valence-electron chi connectivity index (χ4n) is 1.52. The highest BCUT2D eigenvalue weighted by Gasteiger charge is 2.14. The second kappa shape index (κ2) is 13.6. The summed E-state index contributed by atoms with van der Waals surface area (Å²) in [5.74, 6) is -3.23. The average molecular weight is 288 g/mol. The van der Waals surface area contributed by atoms with Crippen molar-refractivity contribution < 1.29 is 29.7 Å². The predicted molar refractivity (Wildman–Crippen MR) is 74.6 cm³/mol. The van der Waals surface area contributed by atoms with Gasteiger partial charge in [0, 0.05) is 12.2 Å². The first-order valence-corrected chi connectivity index (χ1v) is 6.71. The fraction of sp³-hybridized carbons (Fsp3) is 0.643. The quantitative estimate of drug-likeness (QED) is 0.444. The first-order valence-electron chi connectivity index (χ1n) is 6.71. The van der Waals surface area contributed by atoms with Gasteiger partial charge in [-0.3, -0.25) is 4.79 Å². The van der Waals surface area contributed by atoms with Gasteiger partial charge < -0.3 is 15.3 Å². The van der Waals surface area contributed by atoms with E-state index in [-0.39, 0.29) is 5.92 Å². The normalized spacial score (nSPS) is 11.5. The standard InChI is InChI=1S/C10H20O2.C4H4O4/c1-3-5-6-8-9(7-4-2)10(11)12;5-3(6)1-2-4(7)8/h9H,3-8H2,1-2H3,(H,11,12);1-2H,(H,5,6)(H,7,8)/b;2-1+. The predicted octanol–water partition coefficient (Wildman–Crippen LogP) is 2.78. The number of aliphatic carboxylic acids is 3. The van der Waals surface area contributed by atoms with Gasteiger partial charge in [-0.25, -0.2) is 9.59 Å². The van der Waals surface area contributed by atoms with Crippen LogP contribution in [0.1, 0.15) is 52.4 Å². The van der Waals surface area contributed by atoms with Crippen LogP contribution in [-0.4, -0.2) is 33.2 Å². The van der Waals surface area contributed by atoms with Gasteiger partial charge in [0.15, 0.2) is 0 Å². The van der Waals surface area contributed by atoms with Crippen molar-refractivity contribution >= 4 is 17.9 Å². The molecule has 0 amide bonds. The van der Waals surface area contributed by atoms with E-state index < -0.39 is 17.9 Å². The Morgan fingerprint density at radius 1 is 0.850 bits per heavy atom. The van der Waals surface area contributed by atoms with Gasteiger partial charge in [0.25, 0.3) is 0 Å². The van der Waals surface area contributed by atoms with Crippen molar-refractivity contribution in [1.29, 1.82) is 0 Å². The molecule has 6 heteroatoms. The maximum Gasteiger partial charge on any atom is 0.328 e. The molecule has 0 saturated heterocycles. The summed E-state index contributed by atoms with van der Waals surface area (Å²) in [6.07, 6.45) is 7.17. The minimum Gasteiger partial charge on any atom is -0.481 e. The monoisotopic (exact) mass is 288 g/mol. The van der Waals surface area contributed by atoms with Crippen molar-refractivity contribution in [2.45, 2.75) is 52.4 Å². The van der Waals surface area contributed by atoms with Crippen molar-refractivity contribution in [2.75, 3.05) is 0 Å². The Morgan fingerprint density at radius 3 is 1.65 bits per heavy atom. The zero-order chi connectivity index (χ0) is 16.0. The second-order valence-electron chi connectivity index (χ2n) is 4.33. The number of rotatable bonds is 9. The van der Waals surface area contributed by atoms with Crippen LogP contribution < -0.4 is 0 Å². The molecule has 20 heavy (non-hydrogen) atoms. The second-order valence-corrected chi connectivity index (χ2v) is 4.33. The third kappa shape index (κ3) is 16.1. The van der Waals surface area contributed by atoms with Gasteiger partial charge in [-0.15, -0.1) is 0 Å². The van der Waals surface area contributed by atoms with Crippen LogP contribution in [-0.2, 0) is 14.4 Å². The van der Waals surface area contributed by atoms with Gasteiger partial charge >= 0.3 is 17.9 Å². The molecular weight excluding hydrogens is 264 g/mol. The molecule has 0 fully saturated rings. The van der Waals surface area contributed by atoms with Gasteiger partial charge in [0.05, 0.1) is 5.92 Å². The summed E-state index contributed by atoms with van der Waals surface area (Å²) in [6, 6.07) is 0. The highest BCUT2D eigenvalue weighted by molar-refractivity contribution is 5.89. The summed E-state index contributed by atoms with van der Waals surface area (Å²) in [6.45, 7) is 4.17. The van der Waals surface area contributed by atoms with E-state index in [1.54, 1.807) is 0 Å². The van der Waals surface area contributed by atoms with Crippen LogP contribution in [0.4, 0.5) is 0 Å². The van der Waals surface area contributed by atoms with Crippen molar-refractivity contribution in [1.82, 2.24) is 0 Å². The Hall–Kier alpha value is -1.85. The van der Waals surface area contributed by atoms with E-state index in [0.717, 1.165) is 32.1 Å². The molecule has 6 nitrogen and oxygen atoms in total. The molecule has 0 radical (unpaired) electrons. The lowest BCUT2D eigenvalue weighted by molar-refractivity contribution is -0.142. The molecule has 0 aromatic rings. The van der Waals surface area contributed by atoms with E-state index in [1.165, 1.54) is 6.42 Å². The van der Waals surface area contributed by atoms with E-state index in [4.69, 9.17) is 15.3 Å². The van der Waals surface area contributed by atoms with Crippen molar-refractivity contribution in [3.8, 4) is 0 Å². The molecule has 0 aliphatic heterocycles. The number of carbonyl (C=O) groups is 3. The minimum atomic E-state index is -1.26. The van der Waals surface area contributed by atoms with Crippen LogP contribution in [0.5, 0.6) is 0 Å². The molecular formula is C14H24O6. The molecule has 0 aliphatic rings. The number of carboxylic acids is 3. The molecule has 1 atom stereocenters. The summed E-state index contributed by atoms with van der Waals surface area (Å²) >= 11 is 0. The third-order valence-corrected chi connectivity index (χ3v) is 2.51. The first-order chi connectivity index (χ1) is 9.34. The maximum absolute atomic E-state index is 10.7. The summed E-state index contributed by atoms with van der Waals surface area (Å²) in [7, 11) is 0. The Labute approximate surface area is 119 Å². The van der Waals surface area contributed by atoms with Crippen molar-refractivity contribution in [3.63, 3.8) is 0 Å². The lowest BCUT2D eigenvalue weighted by atomic mass is 9.97. The molecule has 3 N–H and O–H groups in total. The molecule has 0 saturated carbocycles. The van der Waals surface area contributed by atoms with E-state index >= 15 is 0 Å². The molecule has 0 bridgehead atoms. The van der Waals surface area contributed by atoms with E-state index in [2.05, 4.69) is 6.92 Å². The van der Waals surface area contributed by atoms with Gasteiger partial charge in [-0.2, -0.15) is 0 Å². The number of hydrogen-bond acceptors (Lipinski definition) is 3. The topological polar surface area (TPSA) is 112 Å². The maximum atomic E-state index is 10.7. The van der Waals surface area contributed by atoms with Crippen molar-refractivity contribution in [3.05, 3.63) is 12.2 Å². The first kappa shape index (κ1) is 20.5. The third-order valence-electron chi connectivity index (χ3n) is 2.51. The molecule has 0 aromatic carbocycles. The summed E-state index contributed by atoms with van der Waals surface area (Å²) < 4.78 is 0. The summed E-state index contributed by atoms with van der Waals surface area (Å²) in [5.41, 5.74) is 0. The molecule has 0 aliphatic carbocycles. The molecule has 116 valence electrons. The van der Waals surface area contributed by atoms with Gasteiger partial charge in [-0.1, -0.05) is 39.5 Å². The molecule has 0 rings (SSSR count). The zero-order valence-electron chi connectivity index (χ0n) is 12.0.